The number of hydrogen-bond acceptors (Lipinski definition) is 3. The van der Waals surface area contributed by atoms with Gasteiger partial charge in [-0.15, -0.1) is 0 Å². The lowest BCUT2D eigenvalue weighted by atomic mass is 10.2. The normalized spacial score (nSPS) is 10.8. The molecule has 0 aliphatic carbocycles. The second-order valence-electron chi connectivity index (χ2n) is 5.46. The smallest absolute Gasteiger partial charge is 0.262 e. The largest absolute Gasteiger partial charge is 0.306 e. The predicted octanol–water partition coefficient (Wildman–Crippen LogP) is 3.60. The van der Waals surface area contributed by atoms with Crippen LogP contribution in [-0.4, -0.2) is 19.7 Å². The van der Waals surface area contributed by atoms with E-state index in [1.807, 2.05) is 0 Å². The number of H-pyrrole nitrogens is 1. The summed E-state index contributed by atoms with van der Waals surface area (Å²) in [6.45, 7) is 6.99. The summed E-state index contributed by atoms with van der Waals surface area (Å²) in [7, 11) is 0. The lowest BCUT2D eigenvalue weighted by Crippen LogP contribution is -2.10. The predicted molar refractivity (Wildman–Crippen MR) is 91.1 cm³/mol. The number of fused-ring (bicyclic) bond motifs is 1. The molecule has 2 aromatic carbocycles. The number of rotatable bonds is 2. The zero-order valence-electron chi connectivity index (χ0n) is 13.1. The standard InChI is InChI=1S/C18H9F2N5O/c1-21-11-3-5-12(6-4-11)25-17-14(9-22-25)18(26)24-16(23-17)13-7-2-10(19)8-15(13)20/h2-9H,(H,23,24,26). The molecule has 0 fully saturated rings. The monoisotopic (exact) mass is 349 g/mol. The third-order valence-electron chi connectivity index (χ3n) is 3.85. The van der Waals surface area contributed by atoms with Crippen LogP contribution >= 0.6 is 0 Å². The van der Waals surface area contributed by atoms with Crippen LogP contribution in [0.2, 0.25) is 0 Å². The summed E-state index contributed by atoms with van der Waals surface area (Å²) >= 11 is 0. The van der Waals surface area contributed by atoms with Gasteiger partial charge in [-0.1, -0.05) is 12.1 Å². The molecule has 0 unspecified atom stereocenters. The van der Waals surface area contributed by atoms with Crippen molar-refractivity contribution in [1.82, 2.24) is 19.7 Å². The van der Waals surface area contributed by atoms with Crippen LogP contribution in [0.3, 0.4) is 0 Å². The van der Waals surface area contributed by atoms with Crippen LogP contribution in [0.1, 0.15) is 0 Å². The van der Waals surface area contributed by atoms with Gasteiger partial charge in [-0.05, 0) is 24.3 Å². The van der Waals surface area contributed by atoms with Gasteiger partial charge in [-0.2, -0.15) is 5.10 Å². The number of halogens is 2. The van der Waals surface area contributed by atoms with E-state index >= 15 is 0 Å². The van der Waals surface area contributed by atoms with Crippen LogP contribution in [0.25, 0.3) is 33.0 Å². The molecule has 4 rings (SSSR count). The molecule has 6 nitrogen and oxygen atoms in total. The molecular weight excluding hydrogens is 340 g/mol. The molecule has 2 aromatic heterocycles. The highest BCUT2D eigenvalue weighted by molar-refractivity contribution is 5.77. The molecule has 0 saturated carbocycles. The highest BCUT2D eigenvalue weighted by Gasteiger charge is 2.15. The van der Waals surface area contributed by atoms with E-state index in [2.05, 4.69) is 19.9 Å². The van der Waals surface area contributed by atoms with E-state index in [1.54, 1.807) is 24.3 Å². The second-order valence-corrected chi connectivity index (χ2v) is 5.46. The maximum Gasteiger partial charge on any atom is 0.262 e. The Kier molecular flexibility index (Phi) is 3.55. The molecular formula is C18H9F2N5O. The minimum absolute atomic E-state index is 0.0264. The van der Waals surface area contributed by atoms with Gasteiger partial charge in [0.1, 0.15) is 22.8 Å². The molecule has 0 atom stereocenters. The summed E-state index contributed by atoms with van der Waals surface area (Å²) in [5, 5.41) is 4.38. The Morgan fingerprint density at radius 3 is 2.58 bits per heavy atom. The Labute approximate surface area is 145 Å². The summed E-state index contributed by atoms with van der Waals surface area (Å²) in [4.78, 5) is 22.4. The van der Waals surface area contributed by atoms with Crippen molar-refractivity contribution < 1.29 is 8.78 Å². The molecule has 0 amide bonds. The van der Waals surface area contributed by atoms with Crippen LogP contribution in [0, 0.1) is 18.2 Å². The Bertz CT molecular complexity index is 1240. The molecule has 0 aliphatic heterocycles. The molecule has 0 saturated heterocycles. The molecule has 1 N–H and O–H groups in total. The van der Waals surface area contributed by atoms with Crippen LogP contribution in [-0.2, 0) is 0 Å². The van der Waals surface area contributed by atoms with Gasteiger partial charge < -0.3 is 4.98 Å². The van der Waals surface area contributed by atoms with Crippen molar-refractivity contribution in [3.05, 3.63) is 82.1 Å². The van der Waals surface area contributed by atoms with Gasteiger partial charge in [0.05, 0.1) is 24.0 Å². The summed E-state index contributed by atoms with van der Waals surface area (Å²) in [5.41, 5.74) is 0.767. The van der Waals surface area contributed by atoms with E-state index in [0.717, 1.165) is 12.1 Å². The highest BCUT2D eigenvalue weighted by atomic mass is 19.1. The van der Waals surface area contributed by atoms with E-state index in [-0.39, 0.29) is 22.4 Å². The van der Waals surface area contributed by atoms with Gasteiger partial charge in [0, 0.05) is 6.07 Å². The number of nitrogens with zero attached hydrogens (tertiary/aromatic N) is 4. The number of benzene rings is 2. The average Bonchev–Trinajstić information content (AvgIpc) is 3.06. The van der Waals surface area contributed by atoms with E-state index in [1.165, 1.54) is 16.9 Å². The second kappa shape index (κ2) is 5.89. The molecule has 0 spiro atoms. The first kappa shape index (κ1) is 15.7. The zero-order chi connectivity index (χ0) is 18.3. The molecule has 4 aromatic rings. The molecule has 26 heavy (non-hydrogen) atoms. The van der Waals surface area contributed by atoms with Gasteiger partial charge in [0.15, 0.2) is 11.3 Å². The van der Waals surface area contributed by atoms with E-state index < -0.39 is 17.2 Å². The van der Waals surface area contributed by atoms with Gasteiger partial charge >= 0.3 is 0 Å². The molecule has 0 bridgehead atoms. The van der Waals surface area contributed by atoms with Gasteiger partial charge in [0.2, 0.25) is 0 Å². The fourth-order valence-corrected chi connectivity index (χ4v) is 2.58. The number of nitrogens with one attached hydrogen (secondary N) is 1. The Morgan fingerprint density at radius 2 is 1.88 bits per heavy atom. The van der Waals surface area contributed by atoms with Crippen LogP contribution in [0.5, 0.6) is 0 Å². The average molecular weight is 349 g/mol. The fraction of sp³-hybridized carbons (Fsp3) is 0. The molecule has 126 valence electrons. The maximum atomic E-state index is 14.0. The molecule has 0 aliphatic rings. The number of hydrogen-bond donors (Lipinski definition) is 1. The van der Waals surface area contributed by atoms with Crippen LogP contribution in [0.4, 0.5) is 14.5 Å². The highest BCUT2D eigenvalue weighted by Crippen LogP contribution is 2.22. The third-order valence-corrected chi connectivity index (χ3v) is 3.85. The summed E-state index contributed by atoms with van der Waals surface area (Å²) < 4.78 is 28.6. The lowest BCUT2D eigenvalue weighted by molar-refractivity contribution is 0.585. The quantitative estimate of drug-likeness (QED) is 0.562. The van der Waals surface area contributed by atoms with Gasteiger partial charge in [-0.3, -0.25) is 4.79 Å². The summed E-state index contributed by atoms with van der Waals surface area (Å²) in [6.07, 6.45) is 1.36. The SMILES string of the molecule is [C-]#[N+]c1ccc(-n2ncc3c(=O)[nH]c(-c4ccc(F)cc4F)nc32)cc1. The minimum Gasteiger partial charge on any atom is -0.306 e. The first-order valence-corrected chi connectivity index (χ1v) is 7.48. The topological polar surface area (TPSA) is 67.9 Å². The van der Waals surface area contributed by atoms with Crippen LogP contribution in [0.15, 0.2) is 53.5 Å². The van der Waals surface area contributed by atoms with Crippen LogP contribution < -0.4 is 5.56 Å². The zero-order valence-corrected chi connectivity index (χ0v) is 13.1. The Hall–Kier alpha value is -3.86. The summed E-state index contributed by atoms with van der Waals surface area (Å²) in [6, 6.07) is 9.58. The summed E-state index contributed by atoms with van der Waals surface area (Å²) in [5.74, 6) is -1.58. The fourth-order valence-electron chi connectivity index (χ4n) is 2.58. The van der Waals surface area contributed by atoms with Gasteiger partial charge in [-0.25, -0.2) is 23.3 Å². The number of aromatic nitrogens is 4. The van der Waals surface area contributed by atoms with Gasteiger partial charge in [0.25, 0.3) is 5.56 Å². The van der Waals surface area contributed by atoms with E-state index in [4.69, 9.17) is 6.57 Å². The third kappa shape index (κ3) is 2.52. The Balaban J connectivity index is 1.93. The minimum atomic E-state index is -0.833. The van der Waals surface area contributed by atoms with Crippen molar-refractivity contribution in [2.75, 3.05) is 0 Å². The first-order valence-electron chi connectivity index (χ1n) is 7.48. The molecule has 0 radical (unpaired) electrons. The molecule has 2 heterocycles. The van der Waals surface area contributed by atoms with Crippen molar-refractivity contribution in [3.8, 4) is 17.1 Å². The van der Waals surface area contributed by atoms with E-state index in [9.17, 15) is 13.6 Å². The van der Waals surface area contributed by atoms with E-state index in [0.29, 0.717) is 11.4 Å². The number of aromatic amines is 1. The van der Waals surface area contributed by atoms with Crippen molar-refractivity contribution in [1.29, 1.82) is 0 Å². The van der Waals surface area contributed by atoms with Crippen molar-refractivity contribution >= 4 is 16.7 Å². The Morgan fingerprint density at radius 1 is 1.12 bits per heavy atom. The molecule has 8 heteroatoms. The maximum absolute atomic E-state index is 14.0. The van der Waals surface area contributed by atoms with Crippen molar-refractivity contribution in [2.45, 2.75) is 0 Å². The first-order chi connectivity index (χ1) is 12.6. The van der Waals surface area contributed by atoms with Crippen molar-refractivity contribution in [2.24, 2.45) is 0 Å². The van der Waals surface area contributed by atoms with Crippen molar-refractivity contribution in [3.63, 3.8) is 0 Å². The lowest BCUT2D eigenvalue weighted by Gasteiger charge is -2.06.